The van der Waals surface area contributed by atoms with E-state index in [4.69, 9.17) is 15.3 Å². The zero-order valence-electron chi connectivity index (χ0n) is 18.3. The quantitative estimate of drug-likeness (QED) is 0.148. The number of anilines is 1. The van der Waals surface area contributed by atoms with Gasteiger partial charge in [0.2, 0.25) is 0 Å². The lowest BCUT2D eigenvalue weighted by Gasteiger charge is -2.49. The zero-order chi connectivity index (χ0) is 25.8. The minimum atomic E-state index is -1.53. The van der Waals surface area contributed by atoms with E-state index in [0.29, 0.717) is 5.56 Å². The molecule has 1 aromatic heterocycles. The number of thioether (sulfide) groups is 1. The number of nitrogens with two attached hydrogens (primary N) is 1. The van der Waals surface area contributed by atoms with Crippen molar-refractivity contribution in [1.82, 2.24) is 15.2 Å². The highest BCUT2D eigenvalue weighted by atomic mass is 32.2. The number of rotatable bonds is 9. The molecule has 0 aliphatic carbocycles. The van der Waals surface area contributed by atoms with Crippen LogP contribution in [0.5, 0.6) is 5.88 Å². The Morgan fingerprint density at radius 3 is 2.75 bits per heavy atom. The fourth-order valence-electron chi connectivity index (χ4n) is 3.44. The van der Waals surface area contributed by atoms with Crippen LogP contribution in [0.15, 0.2) is 52.1 Å². The van der Waals surface area contributed by atoms with Crippen LogP contribution in [0.3, 0.4) is 0 Å². The number of nitrogen functional groups attached to an aromatic ring is 1. The Balaban J connectivity index is 1.36. The van der Waals surface area contributed by atoms with Gasteiger partial charge in [0.15, 0.2) is 11.2 Å². The van der Waals surface area contributed by atoms with Crippen molar-refractivity contribution in [3.8, 4) is 5.88 Å². The van der Waals surface area contributed by atoms with Gasteiger partial charge >= 0.3 is 11.9 Å². The molecule has 0 radical (unpaired) electrons. The number of carboxylic acids is 1. The molecule has 1 saturated heterocycles. The molecule has 3 atom stereocenters. The predicted octanol–water partition coefficient (Wildman–Crippen LogP) is 0.105. The van der Waals surface area contributed by atoms with Crippen LogP contribution in [-0.4, -0.2) is 73.8 Å². The van der Waals surface area contributed by atoms with E-state index in [1.807, 2.05) is 0 Å². The van der Waals surface area contributed by atoms with Gasteiger partial charge in [-0.05, 0) is 5.56 Å². The molecule has 2 aliphatic rings. The van der Waals surface area contributed by atoms with E-state index >= 15 is 0 Å². The molecule has 2 aliphatic heterocycles. The van der Waals surface area contributed by atoms with Crippen molar-refractivity contribution in [2.45, 2.75) is 17.5 Å². The SMILES string of the molecule is Nc1nc(O/N=C/C(=O)NC2C(=O)N3C(C(=O)O)=C(COC(=O)C(O)c4ccccc4)CSC23)cs1. The number of nitrogens with zero attached hydrogens (tertiary/aromatic N) is 3. The number of ether oxygens (including phenoxy) is 1. The lowest BCUT2D eigenvalue weighted by molar-refractivity contribution is -0.153. The Morgan fingerprint density at radius 1 is 1.33 bits per heavy atom. The van der Waals surface area contributed by atoms with Gasteiger partial charge in [0.25, 0.3) is 17.7 Å². The number of aromatic nitrogens is 1. The smallest absolute Gasteiger partial charge is 0.352 e. The summed E-state index contributed by atoms with van der Waals surface area (Å²) < 4.78 is 5.12. The number of nitrogens with one attached hydrogen (secondary N) is 1. The number of aliphatic carboxylic acids is 1. The molecule has 188 valence electrons. The number of thiazole rings is 1. The molecule has 5 N–H and O–H groups in total. The molecule has 15 heteroatoms. The summed E-state index contributed by atoms with van der Waals surface area (Å²) in [5.41, 5.74) is 5.65. The summed E-state index contributed by atoms with van der Waals surface area (Å²) in [5, 5.41) is 26.9. The van der Waals surface area contributed by atoms with Gasteiger partial charge in [-0.15, -0.1) is 23.1 Å². The van der Waals surface area contributed by atoms with E-state index in [0.717, 1.165) is 22.5 Å². The van der Waals surface area contributed by atoms with Crippen LogP contribution in [-0.2, 0) is 23.9 Å². The molecule has 0 bridgehead atoms. The Bertz CT molecular complexity index is 1250. The van der Waals surface area contributed by atoms with Crippen LogP contribution in [0, 0.1) is 0 Å². The molecule has 2 amide bonds. The molecule has 13 nitrogen and oxygen atoms in total. The second-order valence-electron chi connectivity index (χ2n) is 7.42. The highest BCUT2D eigenvalue weighted by Gasteiger charge is 2.54. The summed E-state index contributed by atoms with van der Waals surface area (Å²) in [6.07, 6.45) is -0.719. The molecule has 2 aromatic rings. The number of carboxylic acid groups (broad SMARTS) is 1. The van der Waals surface area contributed by atoms with Crippen molar-refractivity contribution in [3.63, 3.8) is 0 Å². The van der Waals surface area contributed by atoms with Crippen molar-refractivity contribution >= 4 is 58.2 Å². The first-order chi connectivity index (χ1) is 17.3. The first-order valence-corrected chi connectivity index (χ1v) is 12.2. The fourth-order valence-corrected chi connectivity index (χ4v) is 5.22. The Morgan fingerprint density at radius 2 is 2.08 bits per heavy atom. The van der Waals surface area contributed by atoms with Crippen LogP contribution < -0.4 is 15.9 Å². The Hall–Kier alpha value is -3.95. The van der Waals surface area contributed by atoms with Gasteiger partial charge in [-0.2, -0.15) is 4.98 Å². The number of aliphatic hydroxyl groups is 1. The van der Waals surface area contributed by atoms with Crippen LogP contribution in [0.2, 0.25) is 0 Å². The van der Waals surface area contributed by atoms with Crippen LogP contribution >= 0.6 is 23.1 Å². The van der Waals surface area contributed by atoms with Gasteiger partial charge in [0.1, 0.15) is 29.9 Å². The molecule has 1 aromatic carbocycles. The summed E-state index contributed by atoms with van der Waals surface area (Å²) in [4.78, 5) is 58.7. The number of oxime groups is 1. The van der Waals surface area contributed by atoms with E-state index < -0.39 is 47.9 Å². The third-order valence-electron chi connectivity index (χ3n) is 5.09. The Kier molecular flexibility index (Phi) is 7.52. The lowest BCUT2D eigenvalue weighted by atomic mass is 10.0. The average Bonchev–Trinajstić information content (AvgIpc) is 3.29. The number of hydrogen-bond donors (Lipinski definition) is 4. The third-order valence-corrected chi connectivity index (χ3v) is 7.08. The van der Waals surface area contributed by atoms with Crippen molar-refractivity contribution < 1.29 is 39.0 Å². The highest BCUT2D eigenvalue weighted by molar-refractivity contribution is 8.00. The van der Waals surface area contributed by atoms with Gasteiger partial charge < -0.3 is 30.8 Å². The van der Waals surface area contributed by atoms with Gasteiger partial charge in [0.05, 0.1) is 5.38 Å². The van der Waals surface area contributed by atoms with Crippen molar-refractivity contribution in [2.75, 3.05) is 18.1 Å². The first kappa shape index (κ1) is 25.2. The number of fused-ring (bicyclic) bond motifs is 1. The van der Waals surface area contributed by atoms with E-state index in [1.165, 1.54) is 17.1 Å². The summed E-state index contributed by atoms with van der Waals surface area (Å²) in [6.45, 7) is -0.421. The lowest BCUT2D eigenvalue weighted by Crippen LogP contribution is -2.70. The molecule has 36 heavy (non-hydrogen) atoms. The van der Waals surface area contributed by atoms with Crippen molar-refractivity contribution in [3.05, 3.63) is 52.5 Å². The number of carbonyl (C=O) groups is 4. The maximum Gasteiger partial charge on any atom is 0.352 e. The van der Waals surface area contributed by atoms with Gasteiger partial charge in [-0.1, -0.05) is 35.5 Å². The molecule has 3 heterocycles. The third kappa shape index (κ3) is 5.32. The summed E-state index contributed by atoms with van der Waals surface area (Å²) in [5.74, 6) is -3.48. The second kappa shape index (κ2) is 10.8. The standard InChI is InChI=1S/C21H19N5O8S2/c22-21-25-13(9-36-21)34-23-6-12(27)24-14-17(29)26-15(19(30)31)11(8-35-18(14)26)7-33-20(32)16(28)10-4-2-1-3-5-10/h1-6,9,14,16,18,28H,7-8H2,(H2,22,25)(H,24,27)(H,30,31)/b23-6+. The summed E-state index contributed by atoms with van der Waals surface area (Å²) >= 11 is 2.32. The minimum absolute atomic E-state index is 0.107. The molecule has 3 unspecified atom stereocenters. The van der Waals surface area contributed by atoms with E-state index in [9.17, 15) is 29.4 Å². The summed E-state index contributed by atoms with van der Waals surface area (Å²) in [6, 6.07) is 7.13. The van der Waals surface area contributed by atoms with E-state index in [1.54, 1.807) is 30.3 Å². The second-order valence-corrected chi connectivity index (χ2v) is 9.42. The number of amides is 2. The molecule has 0 spiro atoms. The number of aliphatic hydroxyl groups excluding tert-OH is 1. The molecular weight excluding hydrogens is 514 g/mol. The number of β-lactam (4-membered cyclic amide) rings is 1. The van der Waals surface area contributed by atoms with Crippen molar-refractivity contribution in [1.29, 1.82) is 0 Å². The molecule has 0 saturated carbocycles. The number of carbonyl (C=O) groups excluding carboxylic acids is 3. The average molecular weight is 534 g/mol. The van der Waals surface area contributed by atoms with Crippen LogP contribution in [0.4, 0.5) is 5.13 Å². The van der Waals surface area contributed by atoms with Gasteiger partial charge in [-0.3, -0.25) is 14.5 Å². The highest BCUT2D eigenvalue weighted by Crippen LogP contribution is 2.40. The summed E-state index contributed by atoms with van der Waals surface area (Å²) in [7, 11) is 0. The minimum Gasteiger partial charge on any atom is -0.477 e. The topological polar surface area (TPSA) is 194 Å². The Labute approximate surface area is 211 Å². The normalized spacial score (nSPS) is 19.9. The van der Waals surface area contributed by atoms with Crippen LogP contribution in [0.25, 0.3) is 0 Å². The maximum atomic E-state index is 12.7. The predicted molar refractivity (Wildman–Crippen MR) is 128 cm³/mol. The fraction of sp³-hybridized carbons (Fsp3) is 0.238. The molecule has 1 fully saturated rings. The number of hydrogen-bond acceptors (Lipinski definition) is 12. The monoisotopic (exact) mass is 533 g/mol. The van der Waals surface area contributed by atoms with Gasteiger partial charge in [0, 0.05) is 11.3 Å². The maximum absolute atomic E-state index is 12.7. The van der Waals surface area contributed by atoms with E-state index in [-0.39, 0.29) is 28.0 Å². The van der Waals surface area contributed by atoms with Crippen molar-refractivity contribution in [2.24, 2.45) is 5.16 Å². The largest absolute Gasteiger partial charge is 0.477 e. The van der Waals surface area contributed by atoms with Gasteiger partial charge in [-0.25, -0.2) is 9.59 Å². The van der Waals surface area contributed by atoms with E-state index in [2.05, 4.69) is 15.5 Å². The number of benzene rings is 1. The molecule has 4 rings (SSSR count). The molecular formula is C21H19N5O8S2. The zero-order valence-corrected chi connectivity index (χ0v) is 19.9. The number of esters is 1. The first-order valence-electron chi connectivity index (χ1n) is 10.3. The van der Waals surface area contributed by atoms with Crippen LogP contribution in [0.1, 0.15) is 11.7 Å².